The Balaban J connectivity index is 1.30. The molecule has 3 aliphatic heterocycles. The number of hydrogen-bond donors (Lipinski definition) is 0. The number of carbonyl (C=O) groups excluding carboxylic acids is 2. The van der Waals surface area contributed by atoms with Gasteiger partial charge in [0.2, 0.25) is 0 Å². The standard InChI is InChI=1S/C24H23N3O3/c25-16-17-5-4-8-19(15-17)22(28)26-13-11-24(12-14-26)23(29)27-20(9-10-21(27)30-24)18-6-2-1-3-7-18/h1-8,15,20-21H,9-14H2/t20-,21+/m0/s1. The Hall–Kier alpha value is -3.17. The summed E-state index contributed by atoms with van der Waals surface area (Å²) in [7, 11) is 0. The maximum atomic E-state index is 13.4. The van der Waals surface area contributed by atoms with Crippen LogP contribution in [0.2, 0.25) is 0 Å². The van der Waals surface area contributed by atoms with E-state index in [4.69, 9.17) is 10.00 Å². The lowest BCUT2D eigenvalue weighted by Gasteiger charge is -2.37. The molecule has 3 saturated heterocycles. The molecule has 6 nitrogen and oxygen atoms in total. The lowest BCUT2D eigenvalue weighted by Crippen LogP contribution is -2.51. The number of fused-ring (bicyclic) bond motifs is 1. The first-order chi connectivity index (χ1) is 14.6. The first-order valence-corrected chi connectivity index (χ1v) is 10.5. The maximum absolute atomic E-state index is 13.4. The third kappa shape index (κ3) is 2.98. The van der Waals surface area contributed by atoms with Gasteiger partial charge in [0, 0.05) is 31.5 Å². The van der Waals surface area contributed by atoms with Crippen LogP contribution in [0.15, 0.2) is 54.6 Å². The number of rotatable bonds is 2. The third-order valence-electron chi connectivity index (χ3n) is 6.60. The lowest BCUT2D eigenvalue weighted by atomic mass is 9.89. The molecule has 0 saturated carbocycles. The summed E-state index contributed by atoms with van der Waals surface area (Å²) in [6, 6.07) is 19.0. The molecule has 6 heteroatoms. The predicted octanol–water partition coefficient (Wildman–Crippen LogP) is 3.25. The topological polar surface area (TPSA) is 73.6 Å². The SMILES string of the molecule is N#Cc1cccc(C(=O)N2CCC3(CC2)O[C@@H]2CC[C@@H](c4ccccc4)N2C3=O)c1. The highest BCUT2D eigenvalue weighted by molar-refractivity contribution is 5.95. The number of benzene rings is 2. The van der Waals surface area contributed by atoms with E-state index in [1.165, 1.54) is 0 Å². The van der Waals surface area contributed by atoms with Gasteiger partial charge in [-0.15, -0.1) is 0 Å². The lowest BCUT2D eigenvalue weighted by molar-refractivity contribution is -0.142. The number of nitrogens with zero attached hydrogens (tertiary/aromatic N) is 3. The van der Waals surface area contributed by atoms with Crippen LogP contribution in [0.5, 0.6) is 0 Å². The molecule has 30 heavy (non-hydrogen) atoms. The summed E-state index contributed by atoms with van der Waals surface area (Å²) in [6.45, 7) is 0.940. The van der Waals surface area contributed by atoms with Crippen LogP contribution in [0.1, 0.15) is 53.2 Å². The van der Waals surface area contributed by atoms with Crippen LogP contribution < -0.4 is 0 Å². The van der Waals surface area contributed by atoms with Gasteiger partial charge < -0.3 is 14.5 Å². The molecule has 3 aliphatic rings. The van der Waals surface area contributed by atoms with Crippen LogP contribution in [0.3, 0.4) is 0 Å². The van der Waals surface area contributed by atoms with E-state index in [2.05, 4.69) is 18.2 Å². The van der Waals surface area contributed by atoms with Crippen LogP contribution in [0.4, 0.5) is 0 Å². The molecule has 0 aromatic heterocycles. The van der Waals surface area contributed by atoms with E-state index in [1.807, 2.05) is 23.1 Å². The maximum Gasteiger partial charge on any atom is 0.257 e. The summed E-state index contributed by atoms with van der Waals surface area (Å²) in [5.74, 6) is -0.0347. The highest BCUT2D eigenvalue weighted by Gasteiger charge is 2.58. The van der Waals surface area contributed by atoms with Gasteiger partial charge in [-0.1, -0.05) is 36.4 Å². The first kappa shape index (κ1) is 18.8. The minimum absolute atomic E-state index is 0.0662. The van der Waals surface area contributed by atoms with Crippen LogP contribution in [0, 0.1) is 11.3 Å². The van der Waals surface area contributed by atoms with Crippen LogP contribution in [-0.4, -0.2) is 46.5 Å². The van der Waals surface area contributed by atoms with Gasteiger partial charge in [0.1, 0.15) is 6.23 Å². The average molecular weight is 401 g/mol. The van der Waals surface area contributed by atoms with Crippen LogP contribution in [-0.2, 0) is 9.53 Å². The molecule has 3 heterocycles. The van der Waals surface area contributed by atoms with Gasteiger partial charge >= 0.3 is 0 Å². The Kier molecular flexibility index (Phi) is 4.56. The molecule has 2 atom stereocenters. The van der Waals surface area contributed by atoms with Crippen molar-refractivity contribution in [3.05, 3.63) is 71.3 Å². The zero-order chi connectivity index (χ0) is 20.7. The van der Waals surface area contributed by atoms with Crippen molar-refractivity contribution in [2.45, 2.75) is 43.6 Å². The van der Waals surface area contributed by atoms with Gasteiger partial charge in [0.25, 0.3) is 11.8 Å². The highest BCUT2D eigenvalue weighted by atomic mass is 16.6. The van der Waals surface area contributed by atoms with Gasteiger partial charge in [0.05, 0.1) is 17.7 Å². The van der Waals surface area contributed by atoms with Crippen molar-refractivity contribution in [3.8, 4) is 6.07 Å². The summed E-state index contributed by atoms with van der Waals surface area (Å²) in [5, 5.41) is 9.07. The molecular formula is C24H23N3O3. The second-order valence-electron chi connectivity index (χ2n) is 8.27. The van der Waals surface area contributed by atoms with E-state index in [9.17, 15) is 9.59 Å². The summed E-state index contributed by atoms with van der Waals surface area (Å²) in [4.78, 5) is 30.0. The molecule has 0 aliphatic carbocycles. The Labute approximate surface area is 175 Å². The fraction of sp³-hybridized carbons (Fsp3) is 0.375. The highest BCUT2D eigenvalue weighted by Crippen LogP contribution is 2.47. The molecule has 0 radical (unpaired) electrons. The van der Waals surface area contributed by atoms with Crippen molar-refractivity contribution in [1.82, 2.24) is 9.80 Å². The average Bonchev–Trinajstić information content (AvgIpc) is 3.32. The van der Waals surface area contributed by atoms with Gasteiger partial charge in [-0.25, -0.2) is 0 Å². The summed E-state index contributed by atoms with van der Waals surface area (Å²) >= 11 is 0. The number of nitriles is 1. The van der Waals surface area contributed by atoms with Crippen molar-refractivity contribution >= 4 is 11.8 Å². The molecule has 5 rings (SSSR count). The number of ether oxygens (including phenoxy) is 1. The molecule has 2 aromatic rings. The predicted molar refractivity (Wildman–Crippen MR) is 109 cm³/mol. The zero-order valence-electron chi connectivity index (χ0n) is 16.7. The third-order valence-corrected chi connectivity index (χ3v) is 6.60. The van der Waals surface area contributed by atoms with Crippen molar-refractivity contribution in [1.29, 1.82) is 5.26 Å². The van der Waals surface area contributed by atoms with E-state index in [1.54, 1.807) is 29.2 Å². The fourth-order valence-corrected chi connectivity index (χ4v) is 5.02. The van der Waals surface area contributed by atoms with Gasteiger partial charge in [-0.05, 0) is 36.6 Å². The monoisotopic (exact) mass is 401 g/mol. The molecule has 152 valence electrons. The fourth-order valence-electron chi connectivity index (χ4n) is 5.02. The smallest absolute Gasteiger partial charge is 0.257 e. The molecule has 2 amide bonds. The number of piperidine rings is 1. The Morgan fingerprint density at radius 3 is 2.57 bits per heavy atom. The molecule has 1 spiro atoms. The zero-order valence-corrected chi connectivity index (χ0v) is 16.7. The van der Waals surface area contributed by atoms with E-state index in [0.717, 1.165) is 18.4 Å². The summed E-state index contributed by atoms with van der Waals surface area (Å²) < 4.78 is 6.34. The Morgan fingerprint density at radius 2 is 1.83 bits per heavy atom. The Morgan fingerprint density at radius 1 is 1.07 bits per heavy atom. The summed E-state index contributed by atoms with van der Waals surface area (Å²) in [6.07, 6.45) is 2.60. The van der Waals surface area contributed by atoms with Gasteiger partial charge in [-0.3, -0.25) is 9.59 Å². The Bertz CT molecular complexity index is 1020. The largest absolute Gasteiger partial charge is 0.342 e. The first-order valence-electron chi connectivity index (χ1n) is 10.5. The number of amides is 2. The van der Waals surface area contributed by atoms with E-state index in [0.29, 0.717) is 37.1 Å². The quantitative estimate of drug-likeness (QED) is 0.774. The van der Waals surface area contributed by atoms with Gasteiger partial charge in [0.15, 0.2) is 5.60 Å². The molecule has 2 aromatic carbocycles. The second kappa shape index (κ2) is 7.26. The number of likely N-dealkylation sites (tertiary alicyclic amines) is 1. The minimum Gasteiger partial charge on any atom is -0.342 e. The number of hydrogen-bond acceptors (Lipinski definition) is 4. The van der Waals surface area contributed by atoms with Crippen molar-refractivity contribution in [3.63, 3.8) is 0 Å². The van der Waals surface area contributed by atoms with E-state index in [-0.39, 0.29) is 24.1 Å². The van der Waals surface area contributed by atoms with Gasteiger partial charge in [-0.2, -0.15) is 5.26 Å². The summed E-state index contributed by atoms with van der Waals surface area (Å²) in [5.41, 5.74) is 1.31. The molecule has 0 unspecified atom stereocenters. The van der Waals surface area contributed by atoms with E-state index < -0.39 is 5.60 Å². The van der Waals surface area contributed by atoms with Crippen LogP contribution in [0.25, 0.3) is 0 Å². The molecule has 3 fully saturated rings. The number of carbonyl (C=O) groups is 2. The molecular weight excluding hydrogens is 378 g/mol. The second-order valence-corrected chi connectivity index (χ2v) is 8.27. The molecule has 0 N–H and O–H groups in total. The van der Waals surface area contributed by atoms with Crippen molar-refractivity contribution < 1.29 is 14.3 Å². The van der Waals surface area contributed by atoms with Crippen molar-refractivity contribution in [2.24, 2.45) is 0 Å². The van der Waals surface area contributed by atoms with E-state index >= 15 is 0 Å². The van der Waals surface area contributed by atoms with Crippen LogP contribution >= 0.6 is 0 Å². The molecule has 0 bridgehead atoms. The normalized spacial score (nSPS) is 24.7. The van der Waals surface area contributed by atoms with Crippen molar-refractivity contribution in [2.75, 3.05) is 13.1 Å². The minimum atomic E-state index is -0.816.